The highest BCUT2D eigenvalue weighted by Crippen LogP contribution is 2.31. The predicted molar refractivity (Wildman–Crippen MR) is 81.9 cm³/mol. The quantitative estimate of drug-likeness (QED) is 0.775. The molecule has 1 atom stereocenters. The van der Waals surface area contributed by atoms with E-state index in [1.54, 1.807) is 12.1 Å². The minimum absolute atomic E-state index is 0.306. The maximum atomic E-state index is 10.5. The normalized spacial score (nSPS) is 28.2. The lowest BCUT2D eigenvalue weighted by Crippen LogP contribution is -2.46. The highest BCUT2D eigenvalue weighted by Gasteiger charge is 2.31. The van der Waals surface area contributed by atoms with Gasteiger partial charge < -0.3 is 15.5 Å². The van der Waals surface area contributed by atoms with E-state index >= 15 is 0 Å². The predicted octanol–water partition coefficient (Wildman–Crippen LogP) is 2.85. The van der Waals surface area contributed by atoms with E-state index in [0.717, 1.165) is 38.0 Å². The molecule has 20 heavy (non-hydrogen) atoms. The second-order valence-corrected chi connectivity index (χ2v) is 6.56. The van der Waals surface area contributed by atoms with Crippen molar-refractivity contribution in [3.8, 4) is 5.75 Å². The van der Waals surface area contributed by atoms with Gasteiger partial charge >= 0.3 is 0 Å². The van der Waals surface area contributed by atoms with E-state index in [4.69, 9.17) is 0 Å². The van der Waals surface area contributed by atoms with Crippen molar-refractivity contribution in [3.05, 3.63) is 29.8 Å². The average Bonchev–Trinajstić information content (AvgIpc) is 2.43. The van der Waals surface area contributed by atoms with Gasteiger partial charge in [0.2, 0.25) is 0 Å². The number of phenols is 1. The molecule has 3 N–H and O–H groups in total. The fourth-order valence-electron chi connectivity index (χ4n) is 2.90. The monoisotopic (exact) mass is 277 g/mol. The van der Waals surface area contributed by atoms with Crippen molar-refractivity contribution >= 4 is 0 Å². The summed E-state index contributed by atoms with van der Waals surface area (Å²) in [7, 11) is 0. The van der Waals surface area contributed by atoms with Crippen molar-refractivity contribution in [2.24, 2.45) is 5.92 Å². The van der Waals surface area contributed by atoms with E-state index in [2.05, 4.69) is 19.2 Å². The number of aliphatic hydroxyl groups is 1. The average molecular weight is 277 g/mol. The van der Waals surface area contributed by atoms with Crippen LogP contribution in [0.15, 0.2) is 24.3 Å². The third-order valence-corrected chi connectivity index (χ3v) is 4.46. The third-order valence-electron chi connectivity index (χ3n) is 4.46. The maximum absolute atomic E-state index is 10.5. The molecule has 0 saturated heterocycles. The van der Waals surface area contributed by atoms with Crippen LogP contribution in [0.2, 0.25) is 0 Å². The minimum atomic E-state index is -0.518. The maximum Gasteiger partial charge on any atom is 0.115 e. The fourth-order valence-corrected chi connectivity index (χ4v) is 2.90. The largest absolute Gasteiger partial charge is 0.508 e. The molecule has 0 heterocycles. The van der Waals surface area contributed by atoms with Crippen molar-refractivity contribution in [2.75, 3.05) is 6.54 Å². The molecule has 112 valence electrons. The molecular formula is C17H27NO2. The lowest BCUT2D eigenvalue weighted by atomic mass is 9.79. The lowest BCUT2D eigenvalue weighted by molar-refractivity contribution is -0.00777. The molecule has 3 heteroatoms. The van der Waals surface area contributed by atoms with Gasteiger partial charge in [-0.2, -0.15) is 0 Å². The van der Waals surface area contributed by atoms with Gasteiger partial charge in [0.15, 0.2) is 0 Å². The van der Waals surface area contributed by atoms with Gasteiger partial charge in [0.25, 0.3) is 0 Å². The summed E-state index contributed by atoms with van der Waals surface area (Å²) in [6.07, 6.45) is 4.99. The second kappa shape index (κ2) is 6.59. The smallest absolute Gasteiger partial charge is 0.115 e. The Kier molecular flexibility index (Phi) is 5.06. The van der Waals surface area contributed by atoms with Crippen LogP contribution in [0.3, 0.4) is 0 Å². The molecule has 1 saturated carbocycles. The molecule has 0 spiro atoms. The molecular weight excluding hydrogens is 250 g/mol. The Bertz CT molecular complexity index is 408. The molecule has 0 bridgehead atoms. The number of hydrogen-bond donors (Lipinski definition) is 3. The van der Waals surface area contributed by atoms with Gasteiger partial charge in [-0.1, -0.05) is 19.1 Å². The van der Waals surface area contributed by atoms with Crippen LogP contribution in [0.4, 0.5) is 0 Å². The molecule has 1 aromatic rings. The van der Waals surface area contributed by atoms with Crippen molar-refractivity contribution < 1.29 is 10.2 Å². The van der Waals surface area contributed by atoms with Crippen molar-refractivity contribution in [2.45, 2.75) is 57.6 Å². The Hall–Kier alpha value is -1.06. The van der Waals surface area contributed by atoms with Crippen LogP contribution in [-0.2, 0) is 6.42 Å². The molecule has 1 aliphatic carbocycles. The number of hydrogen-bond acceptors (Lipinski definition) is 3. The van der Waals surface area contributed by atoms with Crippen molar-refractivity contribution in [1.29, 1.82) is 0 Å². The number of phenolic OH excluding ortho intramolecular Hbond substituents is 1. The summed E-state index contributed by atoms with van der Waals surface area (Å²) >= 11 is 0. The molecule has 1 unspecified atom stereocenters. The van der Waals surface area contributed by atoms with Gasteiger partial charge in [0.05, 0.1) is 5.60 Å². The first kappa shape index (κ1) is 15.3. The highest BCUT2D eigenvalue weighted by atomic mass is 16.3. The van der Waals surface area contributed by atoms with E-state index in [1.807, 2.05) is 12.1 Å². The zero-order valence-corrected chi connectivity index (χ0v) is 12.6. The highest BCUT2D eigenvalue weighted by molar-refractivity contribution is 5.26. The van der Waals surface area contributed by atoms with Crippen LogP contribution in [0.5, 0.6) is 5.75 Å². The summed E-state index contributed by atoms with van der Waals surface area (Å²) in [5.74, 6) is 1.06. The molecule has 2 rings (SSSR count). The molecule has 1 fully saturated rings. The molecule has 1 aromatic carbocycles. The number of aromatic hydroxyl groups is 1. The zero-order chi connectivity index (χ0) is 14.6. The van der Waals surface area contributed by atoms with E-state index in [-0.39, 0.29) is 0 Å². The van der Waals surface area contributed by atoms with Gasteiger partial charge in [-0.05, 0) is 62.6 Å². The van der Waals surface area contributed by atoms with Crippen LogP contribution < -0.4 is 5.32 Å². The topological polar surface area (TPSA) is 52.5 Å². The SMILES string of the molecule is CC1CCC(O)(CNC(C)Cc2ccc(O)cc2)CC1. The Morgan fingerprint density at radius 1 is 1.25 bits per heavy atom. The van der Waals surface area contributed by atoms with Crippen LogP contribution >= 0.6 is 0 Å². The van der Waals surface area contributed by atoms with Crippen LogP contribution in [0.1, 0.15) is 45.1 Å². The van der Waals surface area contributed by atoms with Gasteiger partial charge in [0, 0.05) is 12.6 Å². The van der Waals surface area contributed by atoms with Crippen molar-refractivity contribution in [1.82, 2.24) is 5.32 Å². The lowest BCUT2D eigenvalue weighted by Gasteiger charge is -2.36. The Labute approximate surface area is 122 Å². The Morgan fingerprint density at radius 2 is 1.85 bits per heavy atom. The summed E-state index contributed by atoms with van der Waals surface area (Å²) in [6, 6.07) is 7.66. The molecule has 0 aromatic heterocycles. The Morgan fingerprint density at radius 3 is 2.45 bits per heavy atom. The summed E-state index contributed by atoms with van der Waals surface area (Å²) in [6.45, 7) is 5.08. The van der Waals surface area contributed by atoms with Crippen molar-refractivity contribution in [3.63, 3.8) is 0 Å². The van der Waals surface area contributed by atoms with E-state index in [0.29, 0.717) is 18.3 Å². The summed E-state index contributed by atoms with van der Waals surface area (Å²) in [4.78, 5) is 0. The van der Waals surface area contributed by atoms with Gasteiger partial charge in [-0.3, -0.25) is 0 Å². The minimum Gasteiger partial charge on any atom is -0.508 e. The fraction of sp³-hybridized carbons (Fsp3) is 0.647. The molecule has 1 aliphatic rings. The van der Waals surface area contributed by atoms with E-state index < -0.39 is 5.60 Å². The van der Waals surface area contributed by atoms with Gasteiger partial charge in [0.1, 0.15) is 5.75 Å². The van der Waals surface area contributed by atoms with Crippen LogP contribution in [0, 0.1) is 5.92 Å². The number of benzene rings is 1. The summed E-state index contributed by atoms with van der Waals surface area (Å²) < 4.78 is 0. The first-order valence-corrected chi connectivity index (χ1v) is 7.70. The molecule has 0 radical (unpaired) electrons. The first-order valence-electron chi connectivity index (χ1n) is 7.70. The van der Waals surface area contributed by atoms with Crippen LogP contribution in [-0.4, -0.2) is 28.4 Å². The van der Waals surface area contributed by atoms with Gasteiger partial charge in [-0.15, -0.1) is 0 Å². The standard InChI is InChI=1S/C17H27NO2/c1-13-7-9-17(20,10-8-13)12-18-14(2)11-15-3-5-16(19)6-4-15/h3-6,13-14,18-20H,7-12H2,1-2H3. The van der Waals surface area contributed by atoms with Gasteiger partial charge in [-0.25, -0.2) is 0 Å². The first-order chi connectivity index (χ1) is 9.47. The second-order valence-electron chi connectivity index (χ2n) is 6.56. The molecule has 0 aliphatic heterocycles. The Balaban J connectivity index is 1.77. The van der Waals surface area contributed by atoms with Crippen LogP contribution in [0.25, 0.3) is 0 Å². The summed E-state index contributed by atoms with van der Waals surface area (Å²) in [5, 5.41) is 23.3. The summed E-state index contributed by atoms with van der Waals surface area (Å²) in [5.41, 5.74) is 0.683. The number of rotatable bonds is 5. The molecule has 0 amide bonds. The van der Waals surface area contributed by atoms with E-state index in [1.165, 1.54) is 5.56 Å². The number of nitrogens with one attached hydrogen (secondary N) is 1. The molecule has 3 nitrogen and oxygen atoms in total. The third kappa shape index (κ3) is 4.50. The van der Waals surface area contributed by atoms with E-state index in [9.17, 15) is 10.2 Å². The zero-order valence-electron chi connectivity index (χ0n) is 12.6.